The van der Waals surface area contributed by atoms with Crippen LogP contribution in [-0.2, 0) is 14.3 Å². The molecular weight excluding hydrogens is 390 g/mol. The highest BCUT2D eigenvalue weighted by molar-refractivity contribution is 5.94. The van der Waals surface area contributed by atoms with Gasteiger partial charge in [0.15, 0.2) is 5.92 Å². The summed E-state index contributed by atoms with van der Waals surface area (Å²) in [6.45, 7) is 0.112. The summed E-state index contributed by atoms with van der Waals surface area (Å²) in [5.74, 6) is -3.23. The summed E-state index contributed by atoms with van der Waals surface area (Å²) in [5, 5.41) is 9.59. The molecule has 0 bridgehead atoms. The molecule has 2 atom stereocenters. The summed E-state index contributed by atoms with van der Waals surface area (Å²) < 4.78 is 5.54. The first-order chi connectivity index (χ1) is 15.1. The molecule has 0 amide bonds. The van der Waals surface area contributed by atoms with E-state index in [1.165, 1.54) is 0 Å². The molecule has 158 valence electrons. The zero-order valence-electron chi connectivity index (χ0n) is 17.1. The van der Waals surface area contributed by atoms with E-state index in [-0.39, 0.29) is 25.0 Å². The lowest BCUT2D eigenvalue weighted by atomic mass is 9.96. The number of aliphatic carboxylic acids is 1. The third-order valence-corrected chi connectivity index (χ3v) is 5.93. The number of rotatable bonds is 8. The molecule has 1 aliphatic rings. The summed E-state index contributed by atoms with van der Waals surface area (Å²) >= 11 is 0. The van der Waals surface area contributed by atoms with Crippen molar-refractivity contribution in [3.8, 4) is 11.1 Å². The smallest absolute Gasteiger partial charge is 0.320 e. The molecule has 3 N–H and O–H groups in total. The largest absolute Gasteiger partial charge is 0.481 e. The fraction of sp³-hybridized carbons (Fsp3) is 0.231. The van der Waals surface area contributed by atoms with Crippen LogP contribution in [0.5, 0.6) is 0 Å². The van der Waals surface area contributed by atoms with E-state index in [0.29, 0.717) is 6.42 Å². The molecule has 0 saturated carbocycles. The van der Waals surface area contributed by atoms with Gasteiger partial charge in [-0.25, -0.2) is 0 Å². The quantitative estimate of drug-likeness (QED) is 0.417. The average Bonchev–Trinajstić information content (AvgIpc) is 3.12. The highest BCUT2D eigenvalue weighted by atomic mass is 16.5. The van der Waals surface area contributed by atoms with Crippen molar-refractivity contribution >= 4 is 11.9 Å². The lowest BCUT2D eigenvalue weighted by Crippen LogP contribution is -2.28. The van der Waals surface area contributed by atoms with Gasteiger partial charge in [-0.15, -0.1) is 0 Å². The van der Waals surface area contributed by atoms with Gasteiger partial charge in [0.2, 0.25) is 0 Å². The van der Waals surface area contributed by atoms with Gasteiger partial charge in [0.05, 0.1) is 0 Å². The van der Waals surface area contributed by atoms with Crippen LogP contribution in [0, 0.1) is 5.92 Å². The van der Waals surface area contributed by atoms with Crippen LogP contribution in [0.1, 0.15) is 41.5 Å². The molecule has 31 heavy (non-hydrogen) atoms. The SMILES string of the molecule is N[C@H](CC[C@@H](C(=O)O)C(=O)OCC1c2ccccc2-c2ccccc21)c1ccccc1. The van der Waals surface area contributed by atoms with Gasteiger partial charge in [-0.2, -0.15) is 0 Å². The molecule has 0 fully saturated rings. The number of carbonyl (C=O) groups excluding carboxylic acids is 1. The van der Waals surface area contributed by atoms with E-state index in [4.69, 9.17) is 10.5 Å². The summed E-state index contributed by atoms with van der Waals surface area (Å²) in [5.41, 5.74) is 11.5. The number of hydrogen-bond donors (Lipinski definition) is 2. The van der Waals surface area contributed by atoms with Crippen molar-refractivity contribution in [2.45, 2.75) is 24.8 Å². The van der Waals surface area contributed by atoms with Gasteiger partial charge < -0.3 is 15.6 Å². The molecule has 5 heteroatoms. The van der Waals surface area contributed by atoms with Crippen molar-refractivity contribution in [2.24, 2.45) is 11.7 Å². The first-order valence-corrected chi connectivity index (χ1v) is 10.4. The lowest BCUT2D eigenvalue weighted by molar-refractivity contribution is -0.159. The van der Waals surface area contributed by atoms with Crippen LogP contribution in [0.3, 0.4) is 0 Å². The number of nitrogens with two attached hydrogens (primary N) is 1. The number of carbonyl (C=O) groups is 2. The van der Waals surface area contributed by atoms with Gasteiger partial charge in [0.25, 0.3) is 0 Å². The number of carboxylic acids is 1. The molecule has 0 aromatic heterocycles. The molecule has 3 aromatic carbocycles. The molecule has 0 saturated heterocycles. The number of carboxylic acid groups (broad SMARTS) is 1. The van der Waals surface area contributed by atoms with E-state index < -0.39 is 17.9 Å². The zero-order valence-corrected chi connectivity index (χ0v) is 17.1. The molecule has 3 aromatic rings. The van der Waals surface area contributed by atoms with Crippen LogP contribution >= 0.6 is 0 Å². The van der Waals surface area contributed by atoms with Crippen molar-refractivity contribution < 1.29 is 19.4 Å². The van der Waals surface area contributed by atoms with E-state index in [2.05, 4.69) is 12.1 Å². The number of hydrogen-bond acceptors (Lipinski definition) is 4. The van der Waals surface area contributed by atoms with E-state index in [9.17, 15) is 14.7 Å². The van der Waals surface area contributed by atoms with E-state index in [1.54, 1.807) is 0 Å². The molecule has 1 aliphatic carbocycles. The minimum Gasteiger partial charge on any atom is -0.481 e. The molecule has 0 aliphatic heterocycles. The van der Waals surface area contributed by atoms with E-state index >= 15 is 0 Å². The van der Waals surface area contributed by atoms with Gasteiger partial charge in [-0.3, -0.25) is 9.59 Å². The van der Waals surface area contributed by atoms with E-state index in [1.807, 2.05) is 66.7 Å². The third-order valence-electron chi connectivity index (χ3n) is 5.93. The Morgan fingerprint density at radius 2 is 1.39 bits per heavy atom. The Labute approximate surface area is 181 Å². The monoisotopic (exact) mass is 415 g/mol. The first-order valence-electron chi connectivity index (χ1n) is 10.4. The molecule has 0 spiro atoms. The topological polar surface area (TPSA) is 89.6 Å². The predicted octanol–water partition coefficient (Wildman–Crippen LogP) is 4.52. The molecular formula is C26H25NO4. The minimum atomic E-state index is -1.23. The van der Waals surface area contributed by atoms with Crippen LogP contribution in [-0.4, -0.2) is 23.7 Å². The van der Waals surface area contributed by atoms with E-state index in [0.717, 1.165) is 27.8 Å². The van der Waals surface area contributed by atoms with Crippen LogP contribution in [0.25, 0.3) is 11.1 Å². The molecule has 0 unspecified atom stereocenters. The maximum absolute atomic E-state index is 12.7. The minimum absolute atomic E-state index is 0.0997. The summed E-state index contributed by atoms with van der Waals surface area (Å²) in [7, 11) is 0. The number of ether oxygens (including phenoxy) is 1. The van der Waals surface area contributed by atoms with Crippen molar-refractivity contribution in [1.29, 1.82) is 0 Å². The van der Waals surface area contributed by atoms with Crippen molar-refractivity contribution in [1.82, 2.24) is 0 Å². The Morgan fingerprint density at radius 3 is 1.97 bits per heavy atom. The first kappa shape index (κ1) is 20.8. The number of esters is 1. The Bertz CT molecular complexity index is 1030. The highest BCUT2D eigenvalue weighted by Gasteiger charge is 2.32. The van der Waals surface area contributed by atoms with Crippen molar-refractivity contribution in [3.63, 3.8) is 0 Å². The van der Waals surface area contributed by atoms with Crippen molar-refractivity contribution in [2.75, 3.05) is 6.61 Å². The van der Waals surface area contributed by atoms with Gasteiger partial charge in [0, 0.05) is 12.0 Å². The standard InChI is InChI=1S/C26H25NO4/c27-24(17-8-2-1-3-9-17)15-14-22(25(28)29)26(30)31-16-23-20-12-6-4-10-18(20)19-11-5-7-13-21(19)23/h1-13,22-24H,14-16,27H2,(H,28,29)/t22-,24+/m0/s1. The van der Waals surface area contributed by atoms with Gasteiger partial charge in [-0.05, 0) is 40.7 Å². The lowest BCUT2D eigenvalue weighted by Gasteiger charge is -2.18. The van der Waals surface area contributed by atoms with Crippen LogP contribution in [0.2, 0.25) is 0 Å². The molecule has 5 nitrogen and oxygen atoms in total. The van der Waals surface area contributed by atoms with Gasteiger partial charge >= 0.3 is 11.9 Å². The molecule has 0 heterocycles. The second-order valence-corrected chi connectivity index (χ2v) is 7.84. The summed E-state index contributed by atoms with van der Waals surface area (Å²) in [6.07, 6.45) is 0.507. The van der Waals surface area contributed by atoms with Crippen LogP contribution in [0.15, 0.2) is 78.9 Å². The Hall–Kier alpha value is -3.44. The summed E-state index contributed by atoms with van der Waals surface area (Å²) in [6, 6.07) is 25.2. The second kappa shape index (κ2) is 9.14. The fourth-order valence-electron chi connectivity index (χ4n) is 4.26. The Kier molecular flexibility index (Phi) is 6.14. The zero-order chi connectivity index (χ0) is 21.8. The fourth-order valence-corrected chi connectivity index (χ4v) is 4.26. The molecule has 0 radical (unpaired) electrons. The molecule has 4 rings (SSSR count). The van der Waals surface area contributed by atoms with Crippen LogP contribution < -0.4 is 5.73 Å². The highest BCUT2D eigenvalue weighted by Crippen LogP contribution is 2.44. The third kappa shape index (κ3) is 4.37. The number of fused-ring (bicyclic) bond motifs is 3. The maximum Gasteiger partial charge on any atom is 0.320 e. The van der Waals surface area contributed by atoms with Gasteiger partial charge in [0.1, 0.15) is 6.61 Å². The predicted molar refractivity (Wildman–Crippen MR) is 118 cm³/mol. The van der Waals surface area contributed by atoms with Crippen LogP contribution in [0.4, 0.5) is 0 Å². The Balaban J connectivity index is 1.42. The number of benzene rings is 3. The average molecular weight is 415 g/mol. The second-order valence-electron chi connectivity index (χ2n) is 7.84. The van der Waals surface area contributed by atoms with Gasteiger partial charge in [-0.1, -0.05) is 78.9 Å². The Morgan fingerprint density at radius 1 is 0.839 bits per heavy atom. The normalized spacial score (nSPS) is 14.4. The van der Waals surface area contributed by atoms with Crippen molar-refractivity contribution in [3.05, 3.63) is 95.6 Å². The maximum atomic E-state index is 12.7. The summed E-state index contributed by atoms with van der Waals surface area (Å²) in [4.78, 5) is 24.4.